The number of carbonyl (C=O) groups excluding carboxylic acids is 1. The van der Waals surface area contributed by atoms with Crippen LogP contribution in [0.5, 0.6) is 0 Å². The molecule has 2 heterocycles. The third-order valence-corrected chi connectivity index (χ3v) is 3.63. The summed E-state index contributed by atoms with van der Waals surface area (Å²) in [5.74, 6) is -0.110. The summed E-state index contributed by atoms with van der Waals surface area (Å²) >= 11 is 6.04. The summed E-state index contributed by atoms with van der Waals surface area (Å²) in [5.41, 5.74) is 4.21. The Hall–Kier alpha value is -1.13. The molecule has 1 aromatic rings. The van der Waals surface area contributed by atoms with Crippen LogP contribution in [0.3, 0.4) is 0 Å². The lowest BCUT2D eigenvalue weighted by molar-refractivity contribution is 0.0750. The van der Waals surface area contributed by atoms with Gasteiger partial charge in [-0.1, -0.05) is 38.8 Å². The minimum absolute atomic E-state index is 0.110. The Morgan fingerprint density at radius 2 is 1.90 bits per heavy atom. The van der Waals surface area contributed by atoms with Gasteiger partial charge in [-0.05, 0) is 25.0 Å². The normalized spacial score (nSPS) is 17.0. The molecule has 1 fully saturated rings. The lowest BCUT2D eigenvalue weighted by Gasteiger charge is -2.27. The highest BCUT2D eigenvalue weighted by Crippen LogP contribution is 2.23. The molecular weight excluding hydrogens is 274 g/mol. The molecule has 1 aliphatic rings. The fraction of sp³-hybridized carbons (Fsp3) is 0.600. The van der Waals surface area contributed by atoms with Crippen LogP contribution in [0, 0.1) is 0 Å². The van der Waals surface area contributed by atoms with E-state index in [2.05, 4.69) is 31.2 Å². The van der Waals surface area contributed by atoms with Crippen molar-refractivity contribution >= 4 is 17.5 Å². The number of rotatable bonds is 2. The average Bonchev–Trinajstić information content (AvgIpc) is 2.38. The number of carbonyl (C=O) groups is 1. The van der Waals surface area contributed by atoms with Crippen LogP contribution in [0.25, 0.3) is 0 Å². The van der Waals surface area contributed by atoms with Crippen molar-refractivity contribution in [2.75, 3.05) is 13.1 Å². The smallest absolute Gasteiger partial charge is 0.265 e. The zero-order valence-electron chi connectivity index (χ0n) is 12.4. The number of hydrogen-bond acceptors (Lipinski definition) is 3. The van der Waals surface area contributed by atoms with Crippen molar-refractivity contribution in [3.8, 4) is 0 Å². The Morgan fingerprint density at radius 1 is 1.25 bits per heavy atom. The van der Waals surface area contributed by atoms with Crippen LogP contribution in [-0.4, -0.2) is 29.0 Å². The molecule has 0 aromatic carbocycles. The van der Waals surface area contributed by atoms with E-state index >= 15 is 0 Å². The maximum absolute atomic E-state index is 12.3. The number of nitrogens with zero attached hydrogens (tertiary/aromatic N) is 2. The second-order valence-corrected chi connectivity index (χ2v) is 6.69. The lowest BCUT2D eigenvalue weighted by Crippen LogP contribution is -2.45. The number of aromatic nitrogens is 1. The van der Waals surface area contributed by atoms with Gasteiger partial charge in [0.25, 0.3) is 5.91 Å². The highest BCUT2D eigenvalue weighted by atomic mass is 35.5. The van der Waals surface area contributed by atoms with Gasteiger partial charge in [0.05, 0.1) is 0 Å². The van der Waals surface area contributed by atoms with E-state index in [1.54, 1.807) is 6.07 Å². The number of hydrogen-bond donors (Lipinski definition) is 1. The van der Waals surface area contributed by atoms with Gasteiger partial charge in [0, 0.05) is 29.8 Å². The van der Waals surface area contributed by atoms with E-state index < -0.39 is 0 Å². The molecule has 1 N–H and O–H groups in total. The molecule has 1 amide bonds. The van der Waals surface area contributed by atoms with Gasteiger partial charge in [-0.3, -0.25) is 10.2 Å². The van der Waals surface area contributed by atoms with Crippen molar-refractivity contribution in [3.05, 3.63) is 28.5 Å². The number of hydrazine groups is 1. The first-order valence-corrected chi connectivity index (χ1v) is 7.48. The molecule has 5 heteroatoms. The molecule has 4 nitrogen and oxygen atoms in total. The molecule has 0 atom stereocenters. The van der Waals surface area contributed by atoms with Crippen molar-refractivity contribution in [2.24, 2.45) is 0 Å². The summed E-state index contributed by atoms with van der Waals surface area (Å²) in [6, 6.07) is 3.45. The highest BCUT2D eigenvalue weighted by molar-refractivity contribution is 6.29. The zero-order chi connectivity index (χ0) is 14.8. The molecule has 0 bridgehead atoms. The van der Waals surface area contributed by atoms with Crippen molar-refractivity contribution in [1.29, 1.82) is 0 Å². The predicted octanol–water partition coefficient (Wildman–Crippen LogP) is 3.16. The molecular formula is C15H22ClN3O. The Kier molecular flexibility index (Phi) is 4.66. The SMILES string of the molecule is CC(C)(C)c1cc(C(=O)NN2CCCCC2)cc(Cl)n1. The van der Waals surface area contributed by atoms with Crippen LogP contribution in [-0.2, 0) is 5.41 Å². The topological polar surface area (TPSA) is 45.2 Å². The molecule has 20 heavy (non-hydrogen) atoms. The number of amides is 1. The molecule has 1 saturated heterocycles. The van der Waals surface area contributed by atoms with Gasteiger partial charge in [0.15, 0.2) is 0 Å². The van der Waals surface area contributed by atoms with Crippen LogP contribution in [0.2, 0.25) is 5.15 Å². The summed E-state index contributed by atoms with van der Waals surface area (Å²) in [5, 5.41) is 2.35. The van der Waals surface area contributed by atoms with Crippen LogP contribution in [0.4, 0.5) is 0 Å². The Morgan fingerprint density at radius 3 is 2.50 bits per heavy atom. The van der Waals surface area contributed by atoms with Crippen LogP contribution in [0.15, 0.2) is 12.1 Å². The summed E-state index contributed by atoms with van der Waals surface area (Å²) in [4.78, 5) is 16.6. The van der Waals surface area contributed by atoms with E-state index in [-0.39, 0.29) is 11.3 Å². The fourth-order valence-electron chi connectivity index (χ4n) is 2.23. The average molecular weight is 296 g/mol. The molecule has 1 aromatic heterocycles. The van der Waals surface area contributed by atoms with Crippen LogP contribution >= 0.6 is 11.6 Å². The maximum atomic E-state index is 12.3. The second-order valence-electron chi connectivity index (χ2n) is 6.30. The molecule has 0 aliphatic carbocycles. The maximum Gasteiger partial charge on any atom is 0.265 e. The van der Waals surface area contributed by atoms with Gasteiger partial charge in [-0.25, -0.2) is 9.99 Å². The highest BCUT2D eigenvalue weighted by Gasteiger charge is 2.20. The third-order valence-electron chi connectivity index (χ3n) is 3.44. The lowest BCUT2D eigenvalue weighted by atomic mass is 9.91. The van der Waals surface area contributed by atoms with Crippen LogP contribution < -0.4 is 5.43 Å². The van der Waals surface area contributed by atoms with E-state index in [9.17, 15) is 4.79 Å². The molecule has 110 valence electrons. The van der Waals surface area contributed by atoms with E-state index in [1.165, 1.54) is 6.42 Å². The Labute approximate surface area is 125 Å². The number of pyridine rings is 1. The number of nitrogens with one attached hydrogen (secondary N) is 1. The first-order chi connectivity index (χ1) is 9.36. The Bertz CT molecular complexity index is 490. The van der Waals surface area contributed by atoms with Gasteiger partial charge in [0.2, 0.25) is 0 Å². The van der Waals surface area contributed by atoms with Crippen LogP contribution in [0.1, 0.15) is 56.1 Å². The largest absolute Gasteiger partial charge is 0.285 e. The van der Waals surface area contributed by atoms with E-state index in [0.29, 0.717) is 10.7 Å². The van der Waals surface area contributed by atoms with E-state index in [4.69, 9.17) is 11.6 Å². The molecule has 1 aliphatic heterocycles. The molecule has 0 saturated carbocycles. The fourth-order valence-corrected chi connectivity index (χ4v) is 2.43. The van der Waals surface area contributed by atoms with Gasteiger partial charge in [-0.15, -0.1) is 0 Å². The monoisotopic (exact) mass is 295 g/mol. The van der Waals surface area contributed by atoms with Gasteiger partial charge >= 0.3 is 0 Å². The number of piperidine rings is 1. The van der Waals surface area contributed by atoms with Crippen molar-refractivity contribution in [2.45, 2.75) is 45.4 Å². The first kappa shape index (κ1) is 15.3. The Balaban J connectivity index is 2.14. The first-order valence-electron chi connectivity index (χ1n) is 7.10. The van der Waals surface area contributed by atoms with E-state index in [1.807, 2.05) is 11.1 Å². The van der Waals surface area contributed by atoms with Crippen molar-refractivity contribution in [3.63, 3.8) is 0 Å². The minimum Gasteiger partial charge on any atom is -0.285 e. The third kappa shape index (κ3) is 3.93. The summed E-state index contributed by atoms with van der Waals surface area (Å²) < 4.78 is 0. The molecule has 2 rings (SSSR count). The van der Waals surface area contributed by atoms with Gasteiger partial charge in [-0.2, -0.15) is 0 Å². The summed E-state index contributed by atoms with van der Waals surface area (Å²) in [6.07, 6.45) is 3.50. The summed E-state index contributed by atoms with van der Waals surface area (Å²) in [7, 11) is 0. The molecule has 0 spiro atoms. The number of halogens is 1. The van der Waals surface area contributed by atoms with E-state index in [0.717, 1.165) is 31.6 Å². The molecule has 0 unspecified atom stereocenters. The van der Waals surface area contributed by atoms with Gasteiger partial charge in [0.1, 0.15) is 5.15 Å². The second kappa shape index (κ2) is 6.10. The minimum atomic E-state index is -0.134. The van der Waals surface area contributed by atoms with Crippen molar-refractivity contribution in [1.82, 2.24) is 15.4 Å². The van der Waals surface area contributed by atoms with Crippen molar-refractivity contribution < 1.29 is 4.79 Å². The molecule has 0 radical (unpaired) electrons. The quantitative estimate of drug-likeness (QED) is 0.853. The standard InChI is InChI=1S/C15H22ClN3O/c1-15(2,3)12-9-11(10-13(16)17-12)14(20)18-19-7-5-4-6-8-19/h9-10H,4-8H2,1-3H3,(H,18,20). The van der Waals surface area contributed by atoms with Gasteiger partial charge < -0.3 is 0 Å². The predicted molar refractivity (Wildman–Crippen MR) is 80.8 cm³/mol. The summed E-state index contributed by atoms with van der Waals surface area (Å²) in [6.45, 7) is 7.99. The zero-order valence-corrected chi connectivity index (χ0v) is 13.1.